The summed E-state index contributed by atoms with van der Waals surface area (Å²) in [4.78, 5) is 5.07. The summed E-state index contributed by atoms with van der Waals surface area (Å²) >= 11 is 0. The molecule has 1 aromatic heterocycles. The molecule has 0 aliphatic heterocycles. The molecular formula is C24H22ClNO. The van der Waals surface area contributed by atoms with Crippen molar-refractivity contribution >= 4 is 34.1 Å². The molecular weight excluding hydrogens is 354 g/mol. The minimum absolute atomic E-state index is 0. The summed E-state index contributed by atoms with van der Waals surface area (Å²) in [6.45, 7) is 2.32. The van der Waals surface area contributed by atoms with Crippen LogP contribution in [-0.4, -0.2) is 10.1 Å². The van der Waals surface area contributed by atoms with E-state index in [0.717, 1.165) is 29.6 Å². The minimum Gasteiger partial charge on any atom is -0.508 e. The normalized spacial score (nSPS) is 16.1. The van der Waals surface area contributed by atoms with Gasteiger partial charge < -0.3 is 5.11 Å². The summed E-state index contributed by atoms with van der Waals surface area (Å²) < 4.78 is 0. The van der Waals surface area contributed by atoms with Crippen LogP contribution in [0.15, 0.2) is 60.7 Å². The molecule has 1 aliphatic rings. The SMILES string of the molecule is CC1CCc2c(c(-c3cccc(O)c3)nc3ccc4ccccc4c23)C1.Cl. The van der Waals surface area contributed by atoms with Crippen LogP contribution in [0.4, 0.5) is 0 Å². The van der Waals surface area contributed by atoms with Crippen LogP contribution in [0.2, 0.25) is 0 Å². The minimum atomic E-state index is 0. The standard InChI is InChI=1S/C24H21NO.ClH/c1-15-9-11-20-21(13-15)24(17-6-4-7-18(26)14-17)25-22-12-10-16-5-2-3-8-19(16)23(20)22;/h2-8,10,12,14-15,26H,9,11,13H2,1H3;1H. The van der Waals surface area contributed by atoms with Gasteiger partial charge >= 0.3 is 0 Å². The Labute approximate surface area is 165 Å². The fourth-order valence-electron chi connectivity index (χ4n) is 4.38. The van der Waals surface area contributed by atoms with Gasteiger partial charge in [0.2, 0.25) is 0 Å². The average Bonchev–Trinajstić information content (AvgIpc) is 2.66. The molecule has 1 heterocycles. The predicted octanol–water partition coefficient (Wildman–Crippen LogP) is 6.31. The van der Waals surface area contributed by atoms with Crippen molar-refractivity contribution in [1.82, 2.24) is 4.98 Å². The molecule has 2 nitrogen and oxygen atoms in total. The van der Waals surface area contributed by atoms with Crippen LogP contribution in [0.5, 0.6) is 5.75 Å². The van der Waals surface area contributed by atoms with Gasteiger partial charge in [-0.05, 0) is 65.3 Å². The Morgan fingerprint density at radius 3 is 2.67 bits per heavy atom. The number of halogens is 1. The number of fused-ring (bicyclic) bond motifs is 5. The lowest BCUT2D eigenvalue weighted by atomic mass is 9.80. The third-order valence-corrected chi connectivity index (χ3v) is 5.65. The van der Waals surface area contributed by atoms with Gasteiger partial charge in [0, 0.05) is 10.9 Å². The van der Waals surface area contributed by atoms with E-state index in [1.165, 1.54) is 33.7 Å². The molecule has 4 aromatic rings. The number of phenols is 1. The highest BCUT2D eigenvalue weighted by Gasteiger charge is 2.23. The van der Waals surface area contributed by atoms with Gasteiger partial charge in [0.15, 0.2) is 0 Å². The van der Waals surface area contributed by atoms with Gasteiger partial charge in [-0.1, -0.05) is 49.4 Å². The topological polar surface area (TPSA) is 33.1 Å². The summed E-state index contributed by atoms with van der Waals surface area (Å²) in [7, 11) is 0. The second-order valence-electron chi connectivity index (χ2n) is 7.50. The first-order valence-corrected chi connectivity index (χ1v) is 9.33. The Bertz CT molecular complexity index is 1150. The highest BCUT2D eigenvalue weighted by atomic mass is 35.5. The molecule has 0 spiro atoms. The first kappa shape index (κ1) is 17.8. The van der Waals surface area contributed by atoms with Gasteiger partial charge in [-0.25, -0.2) is 4.98 Å². The van der Waals surface area contributed by atoms with Gasteiger partial charge in [0.05, 0.1) is 11.2 Å². The maximum absolute atomic E-state index is 9.96. The van der Waals surface area contributed by atoms with Crippen molar-refractivity contribution < 1.29 is 5.11 Å². The summed E-state index contributed by atoms with van der Waals surface area (Å²) in [5.41, 5.74) is 5.90. The van der Waals surface area contributed by atoms with Crippen molar-refractivity contribution in [3.63, 3.8) is 0 Å². The molecule has 1 atom stereocenters. The van der Waals surface area contributed by atoms with Crippen LogP contribution in [0.3, 0.4) is 0 Å². The smallest absolute Gasteiger partial charge is 0.116 e. The zero-order valence-electron chi connectivity index (χ0n) is 15.3. The van der Waals surface area contributed by atoms with Crippen molar-refractivity contribution in [2.75, 3.05) is 0 Å². The molecule has 0 saturated carbocycles. The number of aromatic hydroxyl groups is 1. The molecule has 0 radical (unpaired) electrons. The predicted molar refractivity (Wildman–Crippen MR) is 115 cm³/mol. The van der Waals surface area contributed by atoms with Crippen molar-refractivity contribution in [1.29, 1.82) is 0 Å². The summed E-state index contributed by atoms with van der Waals surface area (Å²) in [6.07, 6.45) is 3.36. The average molecular weight is 376 g/mol. The largest absolute Gasteiger partial charge is 0.508 e. The van der Waals surface area contributed by atoms with Crippen molar-refractivity contribution in [2.24, 2.45) is 5.92 Å². The zero-order chi connectivity index (χ0) is 17.7. The fourth-order valence-corrected chi connectivity index (χ4v) is 4.38. The maximum Gasteiger partial charge on any atom is 0.116 e. The molecule has 0 bridgehead atoms. The summed E-state index contributed by atoms with van der Waals surface area (Å²) in [6, 6.07) is 20.4. The van der Waals surface area contributed by atoms with Gasteiger partial charge in [0.25, 0.3) is 0 Å². The molecule has 5 rings (SSSR count). The molecule has 0 saturated heterocycles. The van der Waals surface area contributed by atoms with E-state index in [2.05, 4.69) is 49.4 Å². The fraction of sp³-hybridized carbons (Fsp3) is 0.208. The quantitative estimate of drug-likeness (QED) is 0.395. The number of hydrogen-bond donors (Lipinski definition) is 1. The Balaban J connectivity index is 0.00000180. The molecule has 1 aliphatic carbocycles. The number of phenolic OH excluding ortho intramolecular Hbond substituents is 1. The Kier molecular flexibility index (Phi) is 4.53. The number of aryl methyl sites for hydroxylation is 1. The second-order valence-corrected chi connectivity index (χ2v) is 7.50. The van der Waals surface area contributed by atoms with E-state index in [1.807, 2.05) is 12.1 Å². The van der Waals surface area contributed by atoms with E-state index < -0.39 is 0 Å². The third kappa shape index (κ3) is 2.94. The molecule has 136 valence electrons. The first-order valence-electron chi connectivity index (χ1n) is 9.33. The van der Waals surface area contributed by atoms with Crippen molar-refractivity contribution in [3.8, 4) is 17.0 Å². The molecule has 3 aromatic carbocycles. The van der Waals surface area contributed by atoms with Crippen molar-refractivity contribution in [3.05, 3.63) is 71.8 Å². The molecule has 27 heavy (non-hydrogen) atoms. The van der Waals surface area contributed by atoms with E-state index >= 15 is 0 Å². The lowest BCUT2D eigenvalue weighted by molar-refractivity contribution is 0.475. The van der Waals surface area contributed by atoms with Gasteiger partial charge in [-0.15, -0.1) is 12.4 Å². The van der Waals surface area contributed by atoms with E-state index in [-0.39, 0.29) is 12.4 Å². The number of pyridine rings is 1. The van der Waals surface area contributed by atoms with Crippen molar-refractivity contribution in [2.45, 2.75) is 26.2 Å². The number of hydrogen-bond acceptors (Lipinski definition) is 2. The molecule has 3 heteroatoms. The monoisotopic (exact) mass is 375 g/mol. The highest BCUT2D eigenvalue weighted by Crippen LogP contribution is 2.39. The lowest BCUT2D eigenvalue weighted by Crippen LogP contribution is -2.14. The van der Waals surface area contributed by atoms with Crippen LogP contribution >= 0.6 is 12.4 Å². The Hall–Kier alpha value is -2.58. The zero-order valence-corrected chi connectivity index (χ0v) is 16.1. The molecule has 0 fully saturated rings. The van der Waals surface area contributed by atoms with Crippen LogP contribution in [0, 0.1) is 5.92 Å². The van der Waals surface area contributed by atoms with Crippen LogP contribution in [0.1, 0.15) is 24.5 Å². The van der Waals surface area contributed by atoms with Gasteiger partial charge in [-0.2, -0.15) is 0 Å². The lowest BCUT2D eigenvalue weighted by Gasteiger charge is -2.26. The van der Waals surface area contributed by atoms with Crippen LogP contribution < -0.4 is 0 Å². The number of nitrogens with zero attached hydrogens (tertiary/aromatic N) is 1. The second kappa shape index (κ2) is 6.86. The number of benzene rings is 3. The third-order valence-electron chi connectivity index (χ3n) is 5.65. The van der Waals surface area contributed by atoms with Gasteiger partial charge in [0.1, 0.15) is 5.75 Å². The first-order chi connectivity index (χ1) is 12.7. The van der Waals surface area contributed by atoms with Crippen LogP contribution in [0.25, 0.3) is 32.9 Å². The molecule has 0 amide bonds. The summed E-state index contributed by atoms with van der Waals surface area (Å²) in [5, 5.41) is 13.8. The number of aromatic nitrogens is 1. The van der Waals surface area contributed by atoms with Gasteiger partial charge in [-0.3, -0.25) is 0 Å². The van der Waals surface area contributed by atoms with E-state index in [4.69, 9.17) is 4.98 Å². The maximum atomic E-state index is 9.96. The summed E-state index contributed by atoms with van der Waals surface area (Å²) in [5.74, 6) is 0.952. The van der Waals surface area contributed by atoms with Crippen LogP contribution in [-0.2, 0) is 12.8 Å². The Morgan fingerprint density at radius 1 is 0.963 bits per heavy atom. The number of rotatable bonds is 1. The molecule has 1 unspecified atom stereocenters. The van der Waals surface area contributed by atoms with E-state index in [1.54, 1.807) is 6.07 Å². The Morgan fingerprint density at radius 2 is 1.81 bits per heavy atom. The van der Waals surface area contributed by atoms with E-state index in [0.29, 0.717) is 11.7 Å². The highest BCUT2D eigenvalue weighted by molar-refractivity contribution is 6.09. The molecule has 1 N–H and O–H groups in total. The van der Waals surface area contributed by atoms with E-state index in [9.17, 15) is 5.11 Å².